The lowest BCUT2D eigenvalue weighted by molar-refractivity contribution is -0.118. The van der Waals surface area contributed by atoms with Crippen molar-refractivity contribution in [3.63, 3.8) is 0 Å². The molecule has 1 aromatic carbocycles. The molecule has 0 spiro atoms. The van der Waals surface area contributed by atoms with Crippen LogP contribution in [-0.2, 0) is 14.8 Å². The summed E-state index contributed by atoms with van der Waals surface area (Å²) in [5.74, 6) is -0.382. The van der Waals surface area contributed by atoms with Gasteiger partial charge >= 0.3 is 0 Å². The number of primary amides is 1. The summed E-state index contributed by atoms with van der Waals surface area (Å²) in [7, 11) is -3.60. The van der Waals surface area contributed by atoms with Crippen LogP contribution >= 0.6 is 0 Å². The summed E-state index contributed by atoms with van der Waals surface area (Å²) in [5, 5.41) is 0.592. The van der Waals surface area contributed by atoms with Crippen LogP contribution in [-0.4, -0.2) is 25.9 Å². The van der Waals surface area contributed by atoms with Gasteiger partial charge in [-0.15, -0.1) is 0 Å². The van der Waals surface area contributed by atoms with E-state index in [-0.39, 0.29) is 23.8 Å². The Morgan fingerprint density at radius 2 is 2.05 bits per heavy atom. The molecule has 2 aromatic rings. The lowest BCUT2D eigenvalue weighted by atomic mass is 10.2. The fourth-order valence-corrected chi connectivity index (χ4v) is 3.30. The van der Waals surface area contributed by atoms with Gasteiger partial charge < -0.3 is 16.5 Å². The van der Waals surface area contributed by atoms with E-state index in [1.54, 1.807) is 18.2 Å². The Balaban J connectivity index is 2.06. The number of rotatable bonds is 7. The molecule has 1 amide bonds. The molecular formula is C13H18N4O3S. The Bertz CT molecular complexity index is 752. The zero-order chi connectivity index (χ0) is 15.5. The average molecular weight is 310 g/mol. The summed E-state index contributed by atoms with van der Waals surface area (Å²) in [6.45, 7) is 0.261. The van der Waals surface area contributed by atoms with Crippen LogP contribution in [0.1, 0.15) is 19.3 Å². The van der Waals surface area contributed by atoms with Gasteiger partial charge in [0.2, 0.25) is 15.9 Å². The van der Waals surface area contributed by atoms with Crippen molar-refractivity contribution in [1.29, 1.82) is 0 Å². The minimum absolute atomic E-state index is 0.187. The molecule has 6 N–H and O–H groups in total. The van der Waals surface area contributed by atoms with Crippen LogP contribution in [0.3, 0.4) is 0 Å². The number of nitrogen functional groups attached to an aromatic ring is 1. The van der Waals surface area contributed by atoms with Crippen LogP contribution in [0.25, 0.3) is 10.9 Å². The van der Waals surface area contributed by atoms with Crippen molar-refractivity contribution in [3.8, 4) is 0 Å². The van der Waals surface area contributed by atoms with Gasteiger partial charge in [0, 0.05) is 35.8 Å². The number of H-pyrrole nitrogens is 1. The number of benzene rings is 1. The molecule has 0 aliphatic carbocycles. The molecule has 0 fully saturated rings. The Hall–Kier alpha value is -2.06. The fraction of sp³-hybridized carbons (Fsp3) is 0.308. The third-order valence-electron chi connectivity index (χ3n) is 3.10. The highest BCUT2D eigenvalue weighted by Gasteiger charge is 2.18. The van der Waals surface area contributed by atoms with Gasteiger partial charge in [-0.25, -0.2) is 13.1 Å². The third kappa shape index (κ3) is 3.73. The van der Waals surface area contributed by atoms with E-state index in [4.69, 9.17) is 11.5 Å². The van der Waals surface area contributed by atoms with Crippen molar-refractivity contribution in [3.05, 3.63) is 24.4 Å². The van der Waals surface area contributed by atoms with Crippen molar-refractivity contribution in [2.75, 3.05) is 12.3 Å². The van der Waals surface area contributed by atoms with E-state index in [1.807, 2.05) is 0 Å². The van der Waals surface area contributed by atoms with Crippen molar-refractivity contribution in [1.82, 2.24) is 9.71 Å². The molecule has 1 heterocycles. The van der Waals surface area contributed by atoms with E-state index in [2.05, 4.69) is 9.71 Å². The lowest BCUT2D eigenvalue weighted by Gasteiger charge is -2.05. The Morgan fingerprint density at radius 1 is 1.29 bits per heavy atom. The Morgan fingerprint density at radius 3 is 2.76 bits per heavy atom. The molecule has 7 nitrogen and oxygen atoms in total. The lowest BCUT2D eigenvalue weighted by Crippen LogP contribution is -2.24. The summed E-state index contributed by atoms with van der Waals surface area (Å²) in [6.07, 6.45) is 2.81. The third-order valence-corrected chi connectivity index (χ3v) is 4.60. The monoisotopic (exact) mass is 310 g/mol. The number of fused-ring (bicyclic) bond motifs is 1. The molecule has 1 aromatic heterocycles. The first-order chi connectivity index (χ1) is 9.90. The minimum Gasteiger partial charge on any atom is -0.399 e. The topological polar surface area (TPSA) is 131 Å². The maximum Gasteiger partial charge on any atom is 0.242 e. The maximum absolute atomic E-state index is 12.2. The predicted octanol–water partition coefficient (Wildman–Crippen LogP) is 0.684. The molecule has 114 valence electrons. The molecule has 0 saturated carbocycles. The van der Waals surface area contributed by atoms with Crippen LogP contribution in [0.15, 0.2) is 29.3 Å². The number of unbranched alkanes of at least 4 members (excludes halogenated alkanes) is 1. The standard InChI is InChI=1S/C13H18N4O3S/c14-9-4-5-10-11(7-9)16-8-12(10)21(19,20)17-6-2-1-3-13(15)18/h4-5,7-8,16-17H,1-3,6,14H2,(H2,15,18). The van der Waals surface area contributed by atoms with Crippen LogP contribution in [0.2, 0.25) is 0 Å². The number of amides is 1. The molecule has 0 unspecified atom stereocenters. The van der Waals surface area contributed by atoms with Gasteiger partial charge in [0.1, 0.15) is 4.90 Å². The highest BCUT2D eigenvalue weighted by molar-refractivity contribution is 7.89. The molecule has 0 radical (unpaired) electrons. The summed E-state index contributed by atoms with van der Waals surface area (Å²) >= 11 is 0. The molecule has 8 heteroatoms. The highest BCUT2D eigenvalue weighted by Crippen LogP contribution is 2.24. The molecule has 0 saturated heterocycles. The summed E-state index contributed by atoms with van der Waals surface area (Å²) < 4.78 is 27.0. The fourth-order valence-electron chi connectivity index (χ4n) is 2.05. The second kappa shape index (κ2) is 6.15. The van der Waals surface area contributed by atoms with Gasteiger partial charge in [0.15, 0.2) is 0 Å². The van der Waals surface area contributed by atoms with Gasteiger partial charge in [0.05, 0.1) is 0 Å². The summed E-state index contributed by atoms with van der Waals surface area (Å²) in [6, 6.07) is 5.01. The van der Waals surface area contributed by atoms with Crippen molar-refractivity contribution >= 4 is 32.5 Å². The van der Waals surface area contributed by atoms with Crippen LogP contribution in [0.5, 0.6) is 0 Å². The first-order valence-electron chi connectivity index (χ1n) is 6.55. The van der Waals surface area contributed by atoms with Gasteiger partial charge in [-0.05, 0) is 31.0 Å². The number of aromatic amines is 1. The van der Waals surface area contributed by atoms with E-state index in [0.717, 1.165) is 0 Å². The van der Waals surface area contributed by atoms with E-state index in [0.29, 0.717) is 29.4 Å². The number of nitrogens with two attached hydrogens (primary N) is 2. The van der Waals surface area contributed by atoms with Crippen LogP contribution < -0.4 is 16.2 Å². The smallest absolute Gasteiger partial charge is 0.242 e. The zero-order valence-electron chi connectivity index (χ0n) is 11.4. The number of anilines is 1. The minimum atomic E-state index is -3.60. The Kier molecular flexibility index (Phi) is 4.49. The van der Waals surface area contributed by atoms with E-state index in [9.17, 15) is 13.2 Å². The molecule has 0 bridgehead atoms. The number of hydrogen-bond donors (Lipinski definition) is 4. The second-order valence-electron chi connectivity index (χ2n) is 4.78. The maximum atomic E-state index is 12.2. The number of aromatic nitrogens is 1. The van der Waals surface area contributed by atoms with Gasteiger partial charge in [-0.3, -0.25) is 4.79 Å². The van der Waals surface area contributed by atoms with Gasteiger partial charge in [0.25, 0.3) is 0 Å². The molecule has 0 aliphatic heterocycles. The molecular weight excluding hydrogens is 292 g/mol. The average Bonchev–Trinajstić information content (AvgIpc) is 2.81. The SMILES string of the molecule is NC(=O)CCCCNS(=O)(=O)c1c[nH]c2cc(N)ccc12. The number of sulfonamides is 1. The summed E-state index contributed by atoms with van der Waals surface area (Å²) in [4.78, 5) is 13.7. The first-order valence-corrected chi connectivity index (χ1v) is 8.03. The molecule has 21 heavy (non-hydrogen) atoms. The van der Waals surface area contributed by atoms with Gasteiger partial charge in [-0.1, -0.05) is 0 Å². The molecule has 0 atom stereocenters. The van der Waals surface area contributed by atoms with E-state index in [1.165, 1.54) is 6.20 Å². The van der Waals surface area contributed by atoms with Crippen molar-refractivity contribution < 1.29 is 13.2 Å². The van der Waals surface area contributed by atoms with Crippen molar-refractivity contribution in [2.45, 2.75) is 24.2 Å². The van der Waals surface area contributed by atoms with E-state index >= 15 is 0 Å². The quantitative estimate of drug-likeness (QED) is 0.442. The number of carbonyl (C=O) groups is 1. The van der Waals surface area contributed by atoms with E-state index < -0.39 is 10.0 Å². The number of nitrogens with one attached hydrogen (secondary N) is 2. The second-order valence-corrected chi connectivity index (χ2v) is 6.51. The van der Waals surface area contributed by atoms with Gasteiger partial charge in [-0.2, -0.15) is 0 Å². The predicted molar refractivity (Wildman–Crippen MR) is 80.9 cm³/mol. The molecule has 0 aliphatic rings. The first kappa shape index (κ1) is 15.3. The highest BCUT2D eigenvalue weighted by atomic mass is 32.2. The van der Waals surface area contributed by atoms with Crippen LogP contribution in [0.4, 0.5) is 5.69 Å². The largest absolute Gasteiger partial charge is 0.399 e. The summed E-state index contributed by atoms with van der Waals surface area (Å²) in [5.41, 5.74) is 11.9. The number of hydrogen-bond acceptors (Lipinski definition) is 4. The zero-order valence-corrected chi connectivity index (χ0v) is 12.2. The number of carbonyl (C=O) groups excluding carboxylic acids is 1. The van der Waals surface area contributed by atoms with Crippen molar-refractivity contribution in [2.24, 2.45) is 5.73 Å². The normalized spacial score (nSPS) is 11.8. The Labute approximate surface area is 122 Å². The van der Waals surface area contributed by atoms with Crippen LogP contribution in [0, 0.1) is 0 Å². The molecule has 2 rings (SSSR count).